The Morgan fingerprint density at radius 3 is 2.42 bits per heavy atom. The van der Waals surface area contributed by atoms with E-state index in [-0.39, 0.29) is 16.1 Å². The molecular weight excluding hydrogens is 189 g/mol. The molecule has 0 fully saturated rings. The van der Waals surface area contributed by atoms with Crippen LogP contribution >= 0.6 is 11.6 Å². The molecule has 0 spiro atoms. The Kier molecular flexibility index (Phi) is 2.62. The lowest BCUT2D eigenvalue weighted by Crippen LogP contribution is -1.90. The molecule has 0 amide bonds. The predicted molar refractivity (Wildman–Crippen MR) is 41.1 cm³/mol. The van der Waals surface area contributed by atoms with Gasteiger partial charge in [0, 0.05) is 5.56 Å². The van der Waals surface area contributed by atoms with E-state index in [4.69, 9.17) is 11.6 Å². The van der Waals surface area contributed by atoms with Gasteiger partial charge in [0.05, 0.1) is 5.02 Å². The number of benzene rings is 1. The molecule has 0 unspecified atom stereocenters. The summed E-state index contributed by atoms with van der Waals surface area (Å²) in [6.45, 7) is 1.41. The van der Waals surface area contributed by atoms with Gasteiger partial charge in [-0.15, -0.1) is 0 Å². The molecule has 0 heterocycles. The zero-order chi connectivity index (χ0) is 9.30. The van der Waals surface area contributed by atoms with Crippen LogP contribution in [0.2, 0.25) is 5.02 Å². The molecule has 0 aliphatic heterocycles. The fourth-order valence-corrected chi connectivity index (χ4v) is 1.08. The molecule has 0 atom stereocenters. The topological polar surface area (TPSA) is 0 Å². The molecule has 0 nitrogen and oxygen atoms in total. The summed E-state index contributed by atoms with van der Waals surface area (Å²) in [6.07, 6.45) is -2.66. The first kappa shape index (κ1) is 9.39. The summed E-state index contributed by atoms with van der Waals surface area (Å²) in [5.74, 6) is -0.565. The van der Waals surface area contributed by atoms with Crippen LogP contribution < -0.4 is 0 Å². The van der Waals surface area contributed by atoms with Crippen molar-refractivity contribution in [1.82, 2.24) is 0 Å². The third-order valence-corrected chi connectivity index (χ3v) is 1.84. The van der Waals surface area contributed by atoms with Crippen LogP contribution in [0.15, 0.2) is 12.1 Å². The van der Waals surface area contributed by atoms with Crippen LogP contribution in [-0.2, 0) is 0 Å². The maximum atomic E-state index is 12.7. The van der Waals surface area contributed by atoms with Gasteiger partial charge in [0.15, 0.2) is 0 Å². The van der Waals surface area contributed by atoms with E-state index in [1.165, 1.54) is 6.92 Å². The van der Waals surface area contributed by atoms with Crippen LogP contribution in [0.3, 0.4) is 0 Å². The fourth-order valence-electron chi connectivity index (χ4n) is 0.847. The minimum atomic E-state index is -2.66. The monoisotopic (exact) mass is 194 g/mol. The summed E-state index contributed by atoms with van der Waals surface area (Å²) in [6, 6.07) is 1.96. The average Bonchev–Trinajstić information content (AvgIpc) is 1.96. The molecule has 0 saturated carbocycles. The molecule has 0 aromatic heterocycles. The van der Waals surface area contributed by atoms with Gasteiger partial charge in [-0.25, -0.2) is 13.2 Å². The predicted octanol–water partition coefficient (Wildman–Crippen LogP) is 3.73. The van der Waals surface area contributed by atoms with E-state index < -0.39 is 12.2 Å². The van der Waals surface area contributed by atoms with Crippen molar-refractivity contribution in [3.05, 3.63) is 34.1 Å². The number of halogens is 4. The van der Waals surface area contributed by atoms with Crippen molar-refractivity contribution in [3.8, 4) is 0 Å². The lowest BCUT2D eigenvalue weighted by molar-refractivity contribution is 0.151. The molecule has 0 radical (unpaired) electrons. The van der Waals surface area contributed by atoms with Gasteiger partial charge in [-0.2, -0.15) is 0 Å². The first-order chi connectivity index (χ1) is 5.52. The average molecular weight is 195 g/mol. The Bertz CT molecular complexity index is 297. The fraction of sp³-hybridized carbons (Fsp3) is 0.250. The van der Waals surface area contributed by atoms with Gasteiger partial charge in [0.1, 0.15) is 5.82 Å². The van der Waals surface area contributed by atoms with Crippen LogP contribution in [0.4, 0.5) is 13.2 Å². The van der Waals surface area contributed by atoms with Gasteiger partial charge < -0.3 is 0 Å². The number of aryl methyl sites for hydroxylation is 1. The van der Waals surface area contributed by atoms with E-state index in [2.05, 4.69) is 0 Å². The van der Waals surface area contributed by atoms with Crippen molar-refractivity contribution in [3.63, 3.8) is 0 Å². The summed E-state index contributed by atoms with van der Waals surface area (Å²) >= 11 is 5.38. The molecule has 0 saturated heterocycles. The standard InChI is InChI=1S/C8H6ClF3/c1-4-2-5(8(11)12)6(9)3-7(4)10/h2-3,8H,1H3. The molecule has 12 heavy (non-hydrogen) atoms. The minimum Gasteiger partial charge on any atom is -0.207 e. The Labute approximate surface area is 73.0 Å². The number of hydrogen-bond donors (Lipinski definition) is 0. The largest absolute Gasteiger partial charge is 0.265 e. The Morgan fingerprint density at radius 2 is 1.92 bits per heavy atom. The molecular formula is C8H6ClF3. The molecule has 0 N–H and O–H groups in total. The number of alkyl halides is 2. The van der Waals surface area contributed by atoms with Crippen molar-refractivity contribution < 1.29 is 13.2 Å². The SMILES string of the molecule is Cc1cc(C(F)F)c(Cl)cc1F. The third kappa shape index (κ3) is 1.72. The highest BCUT2D eigenvalue weighted by Crippen LogP contribution is 2.28. The Hall–Kier alpha value is -0.700. The van der Waals surface area contributed by atoms with E-state index in [1.54, 1.807) is 0 Å². The quantitative estimate of drug-likeness (QED) is 0.639. The summed E-state index contributed by atoms with van der Waals surface area (Å²) in [4.78, 5) is 0. The van der Waals surface area contributed by atoms with Crippen molar-refractivity contribution >= 4 is 11.6 Å². The zero-order valence-electron chi connectivity index (χ0n) is 6.24. The van der Waals surface area contributed by atoms with Crippen molar-refractivity contribution in [2.45, 2.75) is 13.3 Å². The summed E-state index contributed by atoms with van der Waals surface area (Å²) < 4.78 is 37.0. The lowest BCUT2D eigenvalue weighted by atomic mass is 10.1. The smallest absolute Gasteiger partial charge is 0.207 e. The van der Waals surface area contributed by atoms with Crippen LogP contribution in [0.5, 0.6) is 0 Å². The Balaban J connectivity index is 3.23. The minimum absolute atomic E-state index is 0.176. The van der Waals surface area contributed by atoms with Gasteiger partial charge in [0.2, 0.25) is 0 Å². The van der Waals surface area contributed by atoms with E-state index in [9.17, 15) is 13.2 Å². The van der Waals surface area contributed by atoms with Crippen LogP contribution in [-0.4, -0.2) is 0 Å². The summed E-state index contributed by atoms with van der Waals surface area (Å²) in [5.41, 5.74) is -0.148. The zero-order valence-corrected chi connectivity index (χ0v) is 7.00. The van der Waals surface area contributed by atoms with Crippen molar-refractivity contribution in [2.75, 3.05) is 0 Å². The summed E-state index contributed by atoms with van der Waals surface area (Å²) in [7, 11) is 0. The molecule has 4 heteroatoms. The van der Waals surface area contributed by atoms with Gasteiger partial charge in [0.25, 0.3) is 6.43 Å². The second kappa shape index (κ2) is 3.35. The van der Waals surface area contributed by atoms with Crippen LogP contribution in [0, 0.1) is 12.7 Å². The van der Waals surface area contributed by atoms with E-state index >= 15 is 0 Å². The van der Waals surface area contributed by atoms with Crippen LogP contribution in [0.1, 0.15) is 17.6 Å². The molecule has 0 aliphatic carbocycles. The highest BCUT2D eigenvalue weighted by Gasteiger charge is 2.13. The maximum Gasteiger partial charge on any atom is 0.265 e. The van der Waals surface area contributed by atoms with Gasteiger partial charge in [-0.1, -0.05) is 11.6 Å². The highest BCUT2D eigenvalue weighted by atomic mass is 35.5. The van der Waals surface area contributed by atoms with E-state index in [1.807, 2.05) is 0 Å². The second-order valence-corrected chi connectivity index (χ2v) is 2.83. The molecule has 66 valence electrons. The molecule has 0 aliphatic rings. The van der Waals surface area contributed by atoms with E-state index in [0.29, 0.717) is 0 Å². The Morgan fingerprint density at radius 1 is 1.33 bits per heavy atom. The first-order valence-corrected chi connectivity index (χ1v) is 3.64. The van der Waals surface area contributed by atoms with E-state index in [0.717, 1.165) is 12.1 Å². The van der Waals surface area contributed by atoms with Crippen molar-refractivity contribution in [1.29, 1.82) is 0 Å². The van der Waals surface area contributed by atoms with Crippen molar-refractivity contribution in [2.24, 2.45) is 0 Å². The number of hydrogen-bond acceptors (Lipinski definition) is 0. The third-order valence-electron chi connectivity index (χ3n) is 1.51. The second-order valence-electron chi connectivity index (χ2n) is 2.42. The highest BCUT2D eigenvalue weighted by molar-refractivity contribution is 6.31. The summed E-state index contributed by atoms with van der Waals surface area (Å²) in [5, 5.41) is -0.229. The molecule has 1 rings (SSSR count). The molecule has 1 aromatic carbocycles. The normalized spacial score (nSPS) is 10.8. The molecule has 0 bridgehead atoms. The van der Waals surface area contributed by atoms with Gasteiger partial charge in [-0.05, 0) is 24.6 Å². The maximum absolute atomic E-state index is 12.7. The van der Waals surface area contributed by atoms with Gasteiger partial charge in [-0.3, -0.25) is 0 Å². The number of rotatable bonds is 1. The van der Waals surface area contributed by atoms with Gasteiger partial charge >= 0.3 is 0 Å². The lowest BCUT2D eigenvalue weighted by Gasteiger charge is -2.04. The first-order valence-electron chi connectivity index (χ1n) is 3.26. The molecule has 1 aromatic rings. The van der Waals surface area contributed by atoms with Crippen LogP contribution in [0.25, 0.3) is 0 Å².